The second kappa shape index (κ2) is 6.54. The average molecular weight is 287 g/mol. The number of hydrogen-bond donors (Lipinski definition) is 1. The number of rotatable bonds is 5. The monoisotopic (exact) mass is 287 g/mol. The predicted octanol–water partition coefficient (Wildman–Crippen LogP) is 3.43. The lowest BCUT2D eigenvalue weighted by Crippen LogP contribution is -2.03. The molecule has 0 aliphatic heterocycles. The fourth-order valence-electron chi connectivity index (χ4n) is 2.06. The Labute approximate surface area is 125 Å². The van der Waals surface area contributed by atoms with Crippen molar-refractivity contribution >= 4 is 5.82 Å². The Kier molecular flexibility index (Phi) is 4.75. The van der Waals surface area contributed by atoms with Crippen LogP contribution in [0.5, 0.6) is 11.6 Å². The molecule has 5 nitrogen and oxygen atoms in total. The molecule has 0 amide bonds. The Morgan fingerprint density at radius 1 is 1.19 bits per heavy atom. The number of nitrogen functional groups attached to an aromatic ring is 1. The first-order valence-electron chi connectivity index (χ1n) is 6.90. The van der Waals surface area contributed by atoms with E-state index in [0.29, 0.717) is 30.0 Å². The molecule has 0 aliphatic carbocycles. The summed E-state index contributed by atoms with van der Waals surface area (Å²) < 4.78 is 11.0. The molecule has 0 saturated carbocycles. The molecule has 2 N–H and O–H groups in total. The van der Waals surface area contributed by atoms with E-state index in [9.17, 15) is 0 Å². The Morgan fingerprint density at radius 2 is 1.95 bits per heavy atom. The van der Waals surface area contributed by atoms with Crippen molar-refractivity contribution in [3.63, 3.8) is 0 Å². The molecule has 0 spiro atoms. The molecular formula is C16H21N3O2. The topological polar surface area (TPSA) is 70.3 Å². The number of nitrogens with two attached hydrogens (primary N) is 1. The fraction of sp³-hybridized carbons (Fsp3) is 0.375. The molecule has 0 aliphatic rings. The first-order chi connectivity index (χ1) is 9.99. The van der Waals surface area contributed by atoms with Gasteiger partial charge in [-0.05, 0) is 30.0 Å². The molecule has 0 saturated heterocycles. The van der Waals surface area contributed by atoms with Crippen LogP contribution in [0.3, 0.4) is 0 Å². The molecule has 2 aromatic rings. The van der Waals surface area contributed by atoms with Gasteiger partial charge in [-0.15, -0.1) is 0 Å². The maximum absolute atomic E-state index is 5.93. The summed E-state index contributed by atoms with van der Waals surface area (Å²) in [7, 11) is 1.59. The van der Waals surface area contributed by atoms with E-state index in [4.69, 9.17) is 15.2 Å². The highest BCUT2D eigenvalue weighted by Gasteiger charge is 2.11. The Morgan fingerprint density at radius 3 is 2.62 bits per heavy atom. The van der Waals surface area contributed by atoms with Gasteiger partial charge < -0.3 is 15.2 Å². The molecule has 5 heteroatoms. The van der Waals surface area contributed by atoms with Crippen LogP contribution in [0.1, 0.15) is 36.7 Å². The van der Waals surface area contributed by atoms with Crippen LogP contribution in [-0.4, -0.2) is 17.1 Å². The van der Waals surface area contributed by atoms with Crippen LogP contribution < -0.4 is 10.5 Å². The molecule has 0 radical (unpaired) electrons. The molecule has 1 aromatic carbocycles. The summed E-state index contributed by atoms with van der Waals surface area (Å²) in [5.74, 6) is 2.46. The number of benzene rings is 1. The van der Waals surface area contributed by atoms with E-state index in [1.54, 1.807) is 13.2 Å². The van der Waals surface area contributed by atoms with Crippen molar-refractivity contribution in [1.82, 2.24) is 9.97 Å². The summed E-state index contributed by atoms with van der Waals surface area (Å²) >= 11 is 0. The summed E-state index contributed by atoms with van der Waals surface area (Å²) in [5.41, 5.74) is 8.05. The SMILES string of the molecule is COCc1nc(N)cc(Oc2cc(C)ccc2C(C)C)n1. The van der Waals surface area contributed by atoms with Gasteiger partial charge in [-0.3, -0.25) is 0 Å². The minimum absolute atomic E-state index is 0.298. The van der Waals surface area contributed by atoms with Crippen LogP contribution in [0.2, 0.25) is 0 Å². The van der Waals surface area contributed by atoms with Gasteiger partial charge in [0.15, 0.2) is 5.82 Å². The third kappa shape index (κ3) is 3.92. The van der Waals surface area contributed by atoms with Gasteiger partial charge in [0.1, 0.15) is 18.2 Å². The molecular weight excluding hydrogens is 266 g/mol. The van der Waals surface area contributed by atoms with E-state index in [1.807, 2.05) is 13.0 Å². The van der Waals surface area contributed by atoms with E-state index >= 15 is 0 Å². The van der Waals surface area contributed by atoms with Crippen LogP contribution >= 0.6 is 0 Å². The van der Waals surface area contributed by atoms with Crippen LogP contribution in [0.15, 0.2) is 24.3 Å². The first kappa shape index (κ1) is 15.3. The lowest BCUT2D eigenvalue weighted by atomic mass is 10.0. The van der Waals surface area contributed by atoms with Crippen molar-refractivity contribution in [2.45, 2.75) is 33.3 Å². The highest BCUT2D eigenvalue weighted by Crippen LogP contribution is 2.31. The van der Waals surface area contributed by atoms with Gasteiger partial charge in [-0.25, -0.2) is 4.98 Å². The van der Waals surface area contributed by atoms with Gasteiger partial charge in [0, 0.05) is 13.2 Å². The number of anilines is 1. The maximum Gasteiger partial charge on any atom is 0.224 e. The predicted molar refractivity (Wildman–Crippen MR) is 82.5 cm³/mol. The van der Waals surface area contributed by atoms with Crippen molar-refractivity contribution in [2.75, 3.05) is 12.8 Å². The molecule has 0 bridgehead atoms. The molecule has 0 unspecified atom stereocenters. The summed E-state index contributed by atoms with van der Waals surface area (Å²) in [6, 6.07) is 7.78. The standard InChI is InChI=1S/C16H21N3O2/c1-10(2)12-6-5-11(3)7-13(12)21-16-8-14(17)18-15(19-16)9-20-4/h5-8,10H,9H2,1-4H3,(H2,17,18,19). The molecule has 2 rings (SSSR count). The van der Waals surface area contributed by atoms with Crippen molar-refractivity contribution in [2.24, 2.45) is 0 Å². The van der Waals surface area contributed by atoms with Crippen LogP contribution in [0, 0.1) is 6.92 Å². The number of ether oxygens (including phenoxy) is 2. The maximum atomic E-state index is 5.93. The van der Waals surface area contributed by atoms with Gasteiger partial charge >= 0.3 is 0 Å². The minimum Gasteiger partial charge on any atom is -0.439 e. The van der Waals surface area contributed by atoms with E-state index in [-0.39, 0.29) is 0 Å². The van der Waals surface area contributed by atoms with E-state index < -0.39 is 0 Å². The minimum atomic E-state index is 0.298. The van der Waals surface area contributed by atoms with Crippen molar-refractivity contribution < 1.29 is 9.47 Å². The second-order valence-electron chi connectivity index (χ2n) is 5.28. The van der Waals surface area contributed by atoms with Crippen molar-refractivity contribution in [1.29, 1.82) is 0 Å². The number of nitrogens with zero attached hydrogens (tertiary/aromatic N) is 2. The summed E-state index contributed by atoms with van der Waals surface area (Å²) in [6.07, 6.45) is 0. The summed E-state index contributed by atoms with van der Waals surface area (Å²) in [6.45, 7) is 6.58. The highest BCUT2D eigenvalue weighted by molar-refractivity contribution is 5.42. The molecule has 21 heavy (non-hydrogen) atoms. The molecule has 0 fully saturated rings. The largest absolute Gasteiger partial charge is 0.439 e. The first-order valence-corrected chi connectivity index (χ1v) is 6.90. The van der Waals surface area contributed by atoms with Crippen molar-refractivity contribution in [3.05, 3.63) is 41.2 Å². The molecule has 0 atom stereocenters. The molecule has 1 heterocycles. The zero-order valence-electron chi connectivity index (χ0n) is 12.9. The van der Waals surface area contributed by atoms with Crippen LogP contribution in [-0.2, 0) is 11.3 Å². The third-order valence-electron chi connectivity index (χ3n) is 3.05. The van der Waals surface area contributed by atoms with Gasteiger partial charge in [0.25, 0.3) is 0 Å². The lowest BCUT2D eigenvalue weighted by molar-refractivity contribution is 0.177. The van der Waals surface area contributed by atoms with E-state index in [0.717, 1.165) is 16.9 Å². The van der Waals surface area contributed by atoms with E-state index in [2.05, 4.69) is 35.9 Å². The van der Waals surface area contributed by atoms with Crippen LogP contribution in [0.25, 0.3) is 0 Å². The summed E-state index contributed by atoms with van der Waals surface area (Å²) in [5, 5.41) is 0. The Hall–Kier alpha value is -2.14. The highest BCUT2D eigenvalue weighted by atomic mass is 16.5. The van der Waals surface area contributed by atoms with Gasteiger partial charge in [0.05, 0.1) is 0 Å². The van der Waals surface area contributed by atoms with Crippen molar-refractivity contribution in [3.8, 4) is 11.6 Å². The molecule has 112 valence electrons. The smallest absolute Gasteiger partial charge is 0.224 e. The van der Waals surface area contributed by atoms with Gasteiger partial charge in [0.2, 0.25) is 5.88 Å². The Balaban J connectivity index is 2.35. The van der Waals surface area contributed by atoms with E-state index in [1.165, 1.54) is 0 Å². The average Bonchev–Trinajstić information content (AvgIpc) is 2.38. The quantitative estimate of drug-likeness (QED) is 0.912. The number of aryl methyl sites for hydroxylation is 1. The lowest BCUT2D eigenvalue weighted by Gasteiger charge is -2.14. The fourth-order valence-corrected chi connectivity index (χ4v) is 2.06. The zero-order chi connectivity index (χ0) is 15.4. The van der Waals surface area contributed by atoms with Gasteiger partial charge in [-0.2, -0.15) is 4.98 Å². The molecule has 1 aromatic heterocycles. The summed E-state index contributed by atoms with van der Waals surface area (Å²) in [4.78, 5) is 8.41. The third-order valence-corrected chi connectivity index (χ3v) is 3.05. The zero-order valence-corrected chi connectivity index (χ0v) is 12.9. The number of hydrogen-bond acceptors (Lipinski definition) is 5. The second-order valence-corrected chi connectivity index (χ2v) is 5.28. The van der Waals surface area contributed by atoms with Gasteiger partial charge in [-0.1, -0.05) is 26.0 Å². The number of aromatic nitrogens is 2. The van der Waals surface area contributed by atoms with Crippen LogP contribution in [0.4, 0.5) is 5.82 Å². The Bertz CT molecular complexity index is 627. The number of methoxy groups -OCH3 is 1. The normalized spacial score (nSPS) is 10.9.